The number of hydrogen-bond donors (Lipinski definition) is 0. The Bertz CT molecular complexity index is 7160. The van der Waals surface area contributed by atoms with Crippen LogP contribution < -0.4 is 0 Å². The molecule has 0 aliphatic carbocycles. The molecule has 0 aliphatic rings. The van der Waals surface area contributed by atoms with Gasteiger partial charge in [0.1, 0.15) is 0 Å². The van der Waals surface area contributed by atoms with Crippen molar-refractivity contribution >= 4 is 76.5 Å². The van der Waals surface area contributed by atoms with E-state index in [1.54, 1.807) is 22.7 Å². The van der Waals surface area contributed by atoms with Crippen LogP contribution >= 0.6 is 22.7 Å². The Balaban J connectivity index is 0.000000147. The van der Waals surface area contributed by atoms with Crippen LogP contribution in [0.1, 0.15) is 67.5 Å². The fourth-order valence-electron chi connectivity index (χ4n) is 16.0. The molecule has 8 nitrogen and oxygen atoms in total. The van der Waals surface area contributed by atoms with Crippen LogP contribution in [0.15, 0.2) is 461 Å². The van der Waals surface area contributed by atoms with Gasteiger partial charge in [-0.1, -0.05) is 235 Å². The number of hydrogen-bond acceptors (Lipinski definition) is 10. The van der Waals surface area contributed by atoms with Gasteiger partial charge in [0.05, 0.1) is 55.2 Å². The summed E-state index contributed by atoms with van der Waals surface area (Å²) in [5.41, 5.74) is 31.3. The van der Waals surface area contributed by atoms with Crippen molar-refractivity contribution < 1.29 is 84.3 Å². The summed E-state index contributed by atoms with van der Waals surface area (Å²) in [6, 6.07) is 183. The summed E-state index contributed by atoms with van der Waals surface area (Å²) >= 11 is 3.39. The van der Waals surface area contributed by atoms with Crippen LogP contribution in [-0.4, -0.2) is 39.9 Å². The smallest absolute Gasteiger partial charge is 0.296 e. The molecular weight excluding hydrogens is 2420 g/mol. The van der Waals surface area contributed by atoms with Crippen LogP contribution in [0.25, 0.3) is 143 Å². The summed E-state index contributed by atoms with van der Waals surface area (Å²) in [4.78, 5) is 41.2. The maximum Gasteiger partial charge on any atom is 2.00 e. The van der Waals surface area contributed by atoms with Crippen molar-refractivity contribution in [2.75, 3.05) is 0 Å². The van der Waals surface area contributed by atoms with Gasteiger partial charge in [-0.15, -0.1) is 275 Å². The van der Waals surface area contributed by atoms with Gasteiger partial charge in [0.25, 0.3) is 0 Å². The number of aromatic nitrogens is 8. The van der Waals surface area contributed by atoms with Gasteiger partial charge in [0.15, 0.2) is 0 Å². The Kier molecular flexibility index (Phi) is 32.2. The standard InChI is InChI=1S/C46H28N4.C40H24N2S2.C36H24N2.4Pt/c1-5-17-33(18-6-1)37-25-13-29-41(47-37)45(42-30-14-26-38(48-42)34-19-7-2-8-20-34)46(43-31-15-27-39(49-43)35-21-9-3-10-22-35)44-32-16-28-40(50-44)36-23-11-4-12-24-36;1-3-13-27(14-4-1)37(28-15-5-2-6-16-28)38(29-17-11-19-31(25-29)39-41-33-21-7-9-23-35(33)43-39)30-18-12-20-32(26-30)40-42-34-22-8-10-24-36(34)44-40;1-5-15-27(16-6-1)31-23-13-25-33(37-31)36(34-26-14-24-32(38-34)28-17-7-2-8-18-28)35(29-19-9-3-10-20-29)30-21-11-4-12-22-30;;;;/h1-17,19,21,23,25-32H;1-24H;1-15,17,19-26H;;;;/q-4;2*-2;4*+2. The van der Waals surface area contributed by atoms with Crippen molar-refractivity contribution in [2.45, 2.75) is 0 Å². The maximum atomic E-state index is 5.25. The monoisotopic (exact) mass is 2500 g/mol. The molecule has 22 aromatic rings. The average Bonchev–Trinajstić information content (AvgIpc) is 1.40. The van der Waals surface area contributed by atoms with E-state index in [1.165, 1.54) is 9.40 Å². The Morgan fingerprint density at radius 1 is 0.169 bits per heavy atom. The van der Waals surface area contributed by atoms with Gasteiger partial charge in [0, 0.05) is 31.7 Å². The molecule has 22 rings (SSSR count). The molecule has 0 radical (unpaired) electrons. The first kappa shape index (κ1) is 94.9. The Morgan fingerprint density at radius 3 is 0.625 bits per heavy atom. The SMILES string of the molecule is [Pt+2].[Pt+2].[Pt+2].[Pt+2].[c-]1c(C(=C(c2ccccc2)c2ccccc2)c2[c-]c(-c3nc4ccccc4s3)ccc2)cccc1-c1nc2ccccc2s1.[c-]1ccccc1-c1cccc(C(=C(c2cccc(-c3[c-]cccc3)n2)c2cccc(-c3[c-]cccc3)n2)c2cccc(-c3[c-]cccc3)n2)n1.[c-]1ccccc1-c1cccc(C(=C(c2ccccc2)c2ccccc2)c2cccc(-c3[c-]cccc3)n2)n1. The molecule has 0 aliphatic heterocycles. The number of pyridine rings is 6. The van der Waals surface area contributed by atoms with Crippen molar-refractivity contribution in [1.29, 1.82) is 0 Å². The van der Waals surface area contributed by atoms with Crippen LogP contribution in [0.4, 0.5) is 0 Å². The van der Waals surface area contributed by atoms with Crippen LogP contribution in [0.3, 0.4) is 0 Å². The van der Waals surface area contributed by atoms with Gasteiger partial charge in [-0.3, -0.25) is 39.9 Å². The molecule has 8 heterocycles. The van der Waals surface area contributed by atoms with Crippen molar-refractivity contribution in [3.8, 4) is 88.7 Å². The number of rotatable bonds is 20. The van der Waals surface area contributed by atoms with Crippen LogP contribution in [0.5, 0.6) is 0 Å². The summed E-state index contributed by atoms with van der Waals surface area (Å²) in [7, 11) is 0. The molecule has 0 bridgehead atoms. The molecule has 0 amide bonds. The Labute approximate surface area is 858 Å². The Hall–Kier alpha value is -14.3. The van der Waals surface area contributed by atoms with Gasteiger partial charge < -0.3 is 0 Å². The average molecular weight is 2500 g/mol. The number of nitrogens with zero attached hydrogens (tertiary/aromatic N) is 8. The first-order chi connectivity index (χ1) is 65.5. The third-order valence-corrected chi connectivity index (χ3v) is 24.3. The van der Waals surface area contributed by atoms with Gasteiger partial charge in [-0.05, 0) is 123 Å². The number of para-hydroxylation sites is 2. The zero-order valence-electron chi connectivity index (χ0n) is 72.5. The number of thiazole rings is 2. The van der Waals surface area contributed by atoms with Crippen molar-refractivity contribution in [2.24, 2.45) is 0 Å². The van der Waals surface area contributed by atoms with E-state index in [2.05, 4.69) is 255 Å². The van der Waals surface area contributed by atoms with Crippen molar-refractivity contribution in [1.82, 2.24) is 39.9 Å². The molecule has 0 saturated heterocycles. The second kappa shape index (κ2) is 46.1. The van der Waals surface area contributed by atoms with Crippen LogP contribution in [0, 0.1) is 48.5 Å². The quantitative estimate of drug-likeness (QED) is 0.0549. The molecule has 14 aromatic carbocycles. The van der Waals surface area contributed by atoms with E-state index in [1.807, 2.05) is 255 Å². The van der Waals surface area contributed by atoms with Gasteiger partial charge in [-0.2, -0.15) is 22.7 Å². The second-order valence-electron chi connectivity index (χ2n) is 30.7. The fraction of sp³-hybridized carbons (Fsp3) is 0. The zero-order chi connectivity index (χ0) is 88.4. The van der Waals surface area contributed by atoms with E-state index in [9.17, 15) is 0 Å². The predicted octanol–water partition coefficient (Wildman–Crippen LogP) is 29.4. The summed E-state index contributed by atoms with van der Waals surface area (Å²) in [5.74, 6) is 0. The predicted molar refractivity (Wildman–Crippen MR) is 540 cm³/mol. The normalized spacial score (nSPS) is 10.6. The minimum absolute atomic E-state index is 0. The molecular formula is C122H76N8Pt4S2. The molecule has 0 unspecified atom stereocenters. The molecule has 136 heavy (non-hydrogen) atoms. The molecule has 656 valence electrons. The minimum atomic E-state index is 0. The van der Waals surface area contributed by atoms with Gasteiger partial charge >= 0.3 is 84.3 Å². The van der Waals surface area contributed by atoms with E-state index in [0.717, 1.165) is 201 Å². The zero-order valence-corrected chi connectivity index (χ0v) is 83.3. The Morgan fingerprint density at radius 2 is 0.382 bits per heavy atom. The molecule has 0 saturated carbocycles. The topological polar surface area (TPSA) is 103 Å². The number of fused-ring (bicyclic) bond motifs is 2. The van der Waals surface area contributed by atoms with Crippen molar-refractivity contribution in [3.05, 3.63) is 577 Å². The summed E-state index contributed by atoms with van der Waals surface area (Å²) in [6.07, 6.45) is 0. The molecule has 0 atom stereocenters. The molecule has 8 aromatic heterocycles. The van der Waals surface area contributed by atoms with E-state index < -0.39 is 0 Å². The van der Waals surface area contributed by atoms with E-state index >= 15 is 0 Å². The molecule has 0 fully saturated rings. The van der Waals surface area contributed by atoms with Crippen molar-refractivity contribution in [3.63, 3.8) is 0 Å². The maximum absolute atomic E-state index is 5.25. The molecule has 14 heteroatoms. The summed E-state index contributed by atoms with van der Waals surface area (Å²) < 4.78 is 2.34. The summed E-state index contributed by atoms with van der Waals surface area (Å²) in [6.45, 7) is 0. The van der Waals surface area contributed by atoms with Crippen LogP contribution in [-0.2, 0) is 84.3 Å². The fourth-order valence-corrected chi connectivity index (χ4v) is 17.9. The van der Waals surface area contributed by atoms with E-state index in [4.69, 9.17) is 39.9 Å². The summed E-state index contributed by atoms with van der Waals surface area (Å²) in [5, 5.41) is 1.92. The molecule has 0 spiro atoms. The third-order valence-electron chi connectivity index (χ3n) is 22.1. The molecule has 0 N–H and O–H groups in total. The third kappa shape index (κ3) is 22.2. The largest absolute Gasteiger partial charge is 2.00 e. The minimum Gasteiger partial charge on any atom is -0.296 e. The first-order valence-corrected chi connectivity index (χ1v) is 45.0. The number of benzene rings is 14. The second-order valence-corrected chi connectivity index (χ2v) is 32.8. The van der Waals surface area contributed by atoms with Gasteiger partial charge in [0.2, 0.25) is 0 Å². The van der Waals surface area contributed by atoms with E-state index in [-0.39, 0.29) is 84.3 Å². The van der Waals surface area contributed by atoms with Gasteiger partial charge in [-0.25, -0.2) is 0 Å². The van der Waals surface area contributed by atoms with E-state index in [0.29, 0.717) is 0 Å². The van der Waals surface area contributed by atoms with Crippen LogP contribution in [0.2, 0.25) is 0 Å². The first-order valence-electron chi connectivity index (χ1n) is 43.4.